The first-order chi connectivity index (χ1) is 18.0. The fourth-order valence-corrected chi connectivity index (χ4v) is 4.85. The van der Waals surface area contributed by atoms with E-state index in [-0.39, 0.29) is 12.5 Å². The lowest BCUT2D eigenvalue weighted by molar-refractivity contribution is -0.122. The average Bonchev–Trinajstić information content (AvgIpc) is 3.19. The van der Waals surface area contributed by atoms with E-state index in [0.717, 1.165) is 23.2 Å². The summed E-state index contributed by atoms with van der Waals surface area (Å²) in [6.45, 7) is 5.22. The molecule has 0 saturated carbocycles. The van der Waals surface area contributed by atoms with Gasteiger partial charge < -0.3 is 9.47 Å². The lowest BCUT2D eigenvalue weighted by Gasteiger charge is -2.14. The molecule has 1 saturated heterocycles. The molecule has 0 aliphatic carbocycles. The van der Waals surface area contributed by atoms with Crippen molar-refractivity contribution < 1.29 is 14.3 Å². The van der Waals surface area contributed by atoms with E-state index in [1.807, 2.05) is 68.5 Å². The maximum Gasteiger partial charge on any atom is 0.266 e. The molecule has 6 nitrogen and oxygen atoms in total. The number of halogens is 1. The highest BCUT2D eigenvalue weighted by Gasteiger charge is 2.32. The van der Waals surface area contributed by atoms with Crippen molar-refractivity contribution in [2.75, 3.05) is 13.2 Å². The molecule has 1 aliphatic heterocycles. The summed E-state index contributed by atoms with van der Waals surface area (Å²) in [5.74, 6) is 1.06. The molecule has 0 unspecified atom stereocenters. The van der Waals surface area contributed by atoms with Crippen LogP contribution in [0.1, 0.15) is 37.0 Å². The number of ether oxygens (including phenoxy) is 2. The lowest BCUT2D eigenvalue weighted by atomic mass is 10.1. The van der Waals surface area contributed by atoms with E-state index in [0.29, 0.717) is 45.3 Å². The fourth-order valence-electron chi connectivity index (χ4n) is 3.70. The molecule has 37 heavy (non-hydrogen) atoms. The van der Waals surface area contributed by atoms with E-state index in [2.05, 4.69) is 11.1 Å². The van der Waals surface area contributed by atoms with E-state index in [9.17, 15) is 10.1 Å². The molecule has 0 radical (unpaired) electrons. The van der Waals surface area contributed by atoms with Gasteiger partial charge in [-0.2, -0.15) is 5.26 Å². The number of hydrogen-bond acceptors (Lipinski definition) is 6. The van der Waals surface area contributed by atoms with Crippen LogP contribution >= 0.6 is 23.4 Å². The summed E-state index contributed by atoms with van der Waals surface area (Å²) >= 11 is 7.34. The first kappa shape index (κ1) is 26.3. The van der Waals surface area contributed by atoms with Crippen molar-refractivity contribution in [3.63, 3.8) is 0 Å². The maximum absolute atomic E-state index is 13.2. The SMILES string of the molecule is CCCN1C(=O)/C(=C/c2ccc(OCc3ccccc3C#N)c(OCC)c2)SC1=Nc1ccc(Cl)cc1. The summed E-state index contributed by atoms with van der Waals surface area (Å²) in [4.78, 5) is 20.2. The van der Waals surface area contributed by atoms with Crippen LogP contribution in [0.2, 0.25) is 5.02 Å². The zero-order valence-corrected chi connectivity index (χ0v) is 22.2. The maximum atomic E-state index is 13.2. The average molecular weight is 532 g/mol. The van der Waals surface area contributed by atoms with E-state index in [1.54, 1.807) is 23.1 Å². The second-order valence-corrected chi connectivity index (χ2v) is 9.58. The van der Waals surface area contributed by atoms with Crippen molar-refractivity contribution in [2.45, 2.75) is 26.9 Å². The van der Waals surface area contributed by atoms with Crippen LogP contribution in [0.4, 0.5) is 5.69 Å². The molecular formula is C29H26ClN3O3S. The van der Waals surface area contributed by atoms with Crippen molar-refractivity contribution >= 4 is 46.2 Å². The van der Waals surface area contributed by atoms with Crippen molar-refractivity contribution in [3.8, 4) is 17.6 Å². The first-order valence-electron chi connectivity index (χ1n) is 12.0. The minimum absolute atomic E-state index is 0.0778. The Labute approximate surface area is 226 Å². The van der Waals surface area contributed by atoms with E-state index >= 15 is 0 Å². The molecule has 0 N–H and O–H groups in total. The number of aliphatic imine (C=N–C) groups is 1. The Morgan fingerprint density at radius 2 is 1.84 bits per heavy atom. The summed E-state index contributed by atoms with van der Waals surface area (Å²) in [5.41, 5.74) is 2.93. The molecule has 1 fully saturated rings. The Kier molecular flexibility index (Phi) is 8.89. The van der Waals surface area contributed by atoms with Gasteiger partial charge in [0.25, 0.3) is 5.91 Å². The number of amidine groups is 1. The van der Waals surface area contributed by atoms with Crippen LogP contribution in [0.15, 0.2) is 76.6 Å². The second-order valence-electron chi connectivity index (χ2n) is 8.14. The number of nitrogens with zero attached hydrogens (tertiary/aromatic N) is 3. The quantitative estimate of drug-likeness (QED) is 0.273. The van der Waals surface area contributed by atoms with Gasteiger partial charge in [0.05, 0.1) is 28.8 Å². The predicted octanol–water partition coefficient (Wildman–Crippen LogP) is 7.20. The van der Waals surface area contributed by atoms with Gasteiger partial charge in [0, 0.05) is 17.1 Å². The molecule has 0 bridgehead atoms. The summed E-state index contributed by atoms with van der Waals surface area (Å²) in [6, 6.07) is 22.3. The lowest BCUT2D eigenvalue weighted by Crippen LogP contribution is -2.29. The monoisotopic (exact) mass is 531 g/mol. The largest absolute Gasteiger partial charge is 0.490 e. The molecule has 3 aromatic rings. The third kappa shape index (κ3) is 6.53. The summed E-state index contributed by atoms with van der Waals surface area (Å²) in [6.07, 6.45) is 2.66. The van der Waals surface area contributed by atoms with Gasteiger partial charge in [-0.1, -0.05) is 42.8 Å². The smallest absolute Gasteiger partial charge is 0.266 e. The van der Waals surface area contributed by atoms with Crippen LogP contribution in [0.25, 0.3) is 6.08 Å². The Morgan fingerprint density at radius 1 is 1.05 bits per heavy atom. The Balaban J connectivity index is 1.58. The third-order valence-electron chi connectivity index (χ3n) is 5.47. The molecule has 0 aromatic heterocycles. The van der Waals surface area contributed by atoms with E-state index < -0.39 is 0 Å². The molecule has 1 amide bonds. The highest BCUT2D eigenvalue weighted by Crippen LogP contribution is 2.36. The molecule has 0 spiro atoms. The van der Waals surface area contributed by atoms with Crippen LogP contribution in [0, 0.1) is 11.3 Å². The van der Waals surface area contributed by atoms with Gasteiger partial charge in [-0.25, -0.2) is 4.99 Å². The summed E-state index contributed by atoms with van der Waals surface area (Å²) < 4.78 is 11.8. The minimum Gasteiger partial charge on any atom is -0.490 e. The number of nitriles is 1. The Morgan fingerprint density at radius 3 is 2.57 bits per heavy atom. The van der Waals surface area contributed by atoms with Crippen LogP contribution in [0.3, 0.4) is 0 Å². The Bertz CT molecular complexity index is 1380. The number of thioether (sulfide) groups is 1. The standard InChI is InChI=1S/C29H26ClN3O3S/c1-3-15-33-28(34)27(37-29(33)32-24-12-10-23(30)11-13-24)17-20-9-14-25(26(16-20)35-4-2)36-19-22-8-6-5-7-21(22)18-31/h5-14,16-17H,3-4,15,19H2,1-2H3/b27-17-,32-29?. The third-order valence-corrected chi connectivity index (χ3v) is 6.73. The summed E-state index contributed by atoms with van der Waals surface area (Å²) in [7, 11) is 0. The van der Waals surface area contributed by atoms with Gasteiger partial charge in [0.15, 0.2) is 16.7 Å². The van der Waals surface area contributed by atoms with Gasteiger partial charge in [0.1, 0.15) is 6.61 Å². The van der Waals surface area contributed by atoms with Crippen LogP contribution in [-0.2, 0) is 11.4 Å². The van der Waals surface area contributed by atoms with Crippen molar-refractivity contribution in [1.82, 2.24) is 4.90 Å². The van der Waals surface area contributed by atoms with Gasteiger partial charge in [-0.05, 0) is 79.2 Å². The molecule has 0 atom stereocenters. The van der Waals surface area contributed by atoms with Gasteiger partial charge in [-0.15, -0.1) is 0 Å². The molecule has 188 valence electrons. The second kappa shape index (κ2) is 12.5. The van der Waals surface area contributed by atoms with Crippen LogP contribution in [0.5, 0.6) is 11.5 Å². The molecular weight excluding hydrogens is 506 g/mol. The zero-order chi connectivity index (χ0) is 26.2. The number of amides is 1. The van der Waals surface area contributed by atoms with Crippen LogP contribution < -0.4 is 9.47 Å². The zero-order valence-electron chi connectivity index (χ0n) is 20.6. The number of carbonyl (C=O) groups is 1. The van der Waals surface area contributed by atoms with Crippen molar-refractivity contribution in [2.24, 2.45) is 4.99 Å². The first-order valence-corrected chi connectivity index (χ1v) is 13.1. The molecule has 1 aliphatic rings. The number of benzene rings is 3. The number of hydrogen-bond donors (Lipinski definition) is 0. The number of carbonyl (C=O) groups excluding carboxylic acids is 1. The number of rotatable bonds is 9. The van der Waals surface area contributed by atoms with Crippen molar-refractivity contribution in [3.05, 3.63) is 93.3 Å². The fraction of sp³-hybridized carbons (Fsp3) is 0.207. The van der Waals surface area contributed by atoms with Crippen molar-refractivity contribution in [1.29, 1.82) is 5.26 Å². The Hall–Kier alpha value is -3.73. The molecule has 3 aromatic carbocycles. The predicted molar refractivity (Wildman–Crippen MR) is 149 cm³/mol. The highest BCUT2D eigenvalue weighted by molar-refractivity contribution is 8.18. The van der Waals surface area contributed by atoms with E-state index in [1.165, 1.54) is 11.8 Å². The van der Waals surface area contributed by atoms with Gasteiger partial charge in [0.2, 0.25) is 0 Å². The van der Waals surface area contributed by atoms with Crippen LogP contribution in [-0.4, -0.2) is 29.1 Å². The van der Waals surface area contributed by atoms with E-state index in [4.69, 9.17) is 21.1 Å². The summed E-state index contributed by atoms with van der Waals surface area (Å²) in [5, 5.41) is 10.6. The van der Waals surface area contributed by atoms with Gasteiger partial charge >= 0.3 is 0 Å². The molecule has 8 heteroatoms. The normalized spacial score (nSPS) is 15.3. The minimum atomic E-state index is -0.0778. The topological polar surface area (TPSA) is 74.9 Å². The highest BCUT2D eigenvalue weighted by atomic mass is 35.5. The van der Waals surface area contributed by atoms with Gasteiger partial charge in [-0.3, -0.25) is 9.69 Å². The molecule has 1 heterocycles. The molecule has 4 rings (SSSR count).